The Kier molecular flexibility index (Phi) is 4.53. The highest BCUT2D eigenvalue weighted by atomic mass is 35.5. The predicted molar refractivity (Wildman–Crippen MR) is 96.4 cm³/mol. The van der Waals surface area contributed by atoms with Crippen LogP contribution in [0.1, 0.15) is 11.3 Å². The highest BCUT2D eigenvalue weighted by molar-refractivity contribution is 6.31. The van der Waals surface area contributed by atoms with E-state index in [2.05, 4.69) is 10.4 Å². The molecule has 0 radical (unpaired) electrons. The zero-order valence-electron chi connectivity index (χ0n) is 13.4. The van der Waals surface area contributed by atoms with Gasteiger partial charge in [-0.25, -0.2) is 0 Å². The normalized spacial score (nSPS) is 11.1. The average molecular weight is 341 g/mol. The van der Waals surface area contributed by atoms with E-state index in [1.165, 1.54) is 6.08 Å². The van der Waals surface area contributed by atoms with E-state index >= 15 is 0 Å². The molecule has 0 unspecified atom stereocenters. The molecule has 0 saturated carbocycles. The van der Waals surface area contributed by atoms with Crippen LogP contribution >= 0.6 is 11.6 Å². The number of carbonyl (C=O) groups excluding carboxylic acids is 1. The molecule has 1 aromatic carbocycles. The van der Waals surface area contributed by atoms with Crippen molar-refractivity contribution >= 4 is 29.3 Å². The summed E-state index contributed by atoms with van der Waals surface area (Å²) in [5.74, 6) is -0.223. The van der Waals surface area contributed by atoms with Gasteiger partial charge < -0.3 is 9.88 Å². The minimum Gasteiger partial charge on any atom is -0.324 e. The number of hydrogen-bond acceptors (Lipinski definition) is 2. The third kappa shape index (κ3) is 3.41. The lowest BCUT2D eigenvalue weighted by Crippen LogP contribution is -2.08. The van der Waals surface area contributed by atoms with Crippen molar-refractivity contribution in [2.75, 3.05) is 5.32 Å². The molecule has 0 fully saturated rings. The Morgan fingerprint density at radius 3 is 2.67 bits per heavy atom. The van der Waals surface area contributed by atoms with E-state index in [-0.39, 0.29) is 5.91 Å². The molecule has 24 heavy (non-hydrogen) atoms. The fourth-order valence-corrected chi connectivity index (χ4v) is 2.67. The monoisotopic (exact) mass is 340 g/mol. The van der Waals surface area contributed by atoms with Crippen LogP contribution in [-0.4, -0.2) is 20.3 Å². The van der Waals surface area contributed by atoms with Crippen LogP contribution in [0.3, 0.4) is 0 Å². The summed E-state index contributed by atoms with van der Waals surface area (Å²) in [5.41, 5.74) is 3.23. The zero-order valence-corrected chi connectivity index (χ0v) is 14.2. The van der Waals surface area contributed by atoms with Crippen molar-refractivity contribution in [1.82, 2.24) is 14.3 Å². The summed E-state index contributed by atoms with van der Waals surface area (Å²) in [4.78, 5) is 12.1. The third-order valence-electron chi connectivity index (χ3n) is 3.61. The van der Waals surface area contributed by atoms with Gasteiger partial charge in [-0.15, -0.1) is 0 Å². The van der Waals surface area contributed by atoms with Crippen LogP contribution in [0.25, 0.3) is 11.8 Å². The Morgan fingerprint density at radius 2 is 2.00 bits per heavy atom. The first-order valence-corrected chi connectivity index (χ1v) is 7.84. The highest BCUT2D eigenvalue weighted by Crippen LogP contribution is 2.20. The number of nitrogens with zero attached hydrogens (tertiary/aromatic N) is 3. The van der Waals surface area contributed by atoms with Crippen molar-refractivity contribution in [2.45, 2.75) is 6.92 Å². The number of aryl methyl sites for hydroxylation is 2. The van der Waals surface area contributed by atoms with Gasteiger partial charge in [-0.2, -0.15) is 5.10 Å². The largest absolute Gasteiger partial charge is 0.324 e. The van der Waals surface area contributed by atoms with Crippen molar-refractivity contribution in [3.05, 3.63) is 71.3 Å². The van der Waals surface area contributed by atoms with Gasteiger partial charge in [-0.05, 0) is 43.3 Å². The summed E-state index contributed by atoms with van der Waals surface area (Å²) in [5, 5.41) is 7.57. The molecule has 1 N–H and O–H groups in total. The quantitative estimate of drug-likeness (QED) is 0.734. The van der Waals surface area contributed by atoms with Gasteiger partial charge in [-0.1, -0.05) is 17.7 Å². The maximum absolute atomic E-state index is 12.1. The summed E-state index contributed by atoms with van der Waals surface area (Å²) in [6, 6.07) is 11.5. The van der Waals surface area contributed by atoms with E-state index in [4.69, 9.17) is 11.6 Å². The standard InChI is InChI=1S/C18H17ClN4O/c1-13-16(18(19)22(2)21-13)8-9-17(24)20-14-6-5-7-15(12-14)23-10-3-4-11-23/h3-12H,1-2H3,(H,20,24)/b9-8-. The van der Waals surface area contributed by atoms with Gasteiger partial charge in [-0.3, -0.25) is 9.48 Å². The molecule has 3 aromatic rings. The minimum absolute atomic E-state index is 0.223. The Hall–Kier alpha value is -2.79. The lowest BCUT2D eigenvalue weighted by Gasteiger charge is -2.06. The number of benzene rings is 1. The van der Waals surface area contributed by atoms with Crippen LogP contribution in [0.4, 0.5) is 5.69 Å². The maximum atomic E-state index is 12.1. The number of rotatable bonds is 4. The lowest BCUT2D eigenvalue weighted by molar-refractivity contribution is -0.111. The SMILES string of the molecule is Cc1nn(C)c(Cl)c1/C=C\C(=O)Nc1cccc(-n2cccc2)c1. The van der Waals surface area contributed by atoms with Gasteiger partial charge in [0.25, 0.3) is 0 Å². The molecule has 0 aliphatic rings. The summed E-state index contributed by atoms with van der Waals surface area (Å²) in [6.45, 7) is 1.85. The first-order chi connectivity index (χ1) is 11.5. The number of carbonyl (C=O) groups is 1. The van der Waals surface area contributed by atoms with Crippen LogP contribution in [-0.2, 0) is 11.8 Å². The molecule has 1 amide bonds. The summed E-state index contributed by atoms with van der Waals surface area (Å²) in [6.07, 6.45) is 7.04. The summed E-state index contributed by atoms with van der Waals surface area (Å²) < 4.78 is 3.55. The van der Waals surface area contributed by atoms with Crippen LogP contribution in [0.15, 0.2) is 54.9 Å². The second-order valence-corrected chi connectivity index (χ2v) is 5.73. The number of halogens is 1. The summed E-state index contributed by atoms with van der Waals surface area (Å²) >= 11 is 6.15. The van der Waals surface area contributed by atoms with Crippen molar-refractivity contribution < 1.29 is 4.79 Å². The molecule has 6 heteroatoms. The zero-order chi connectivity index (χ0) is 17.1. The van der Waals surface area contributed by atoms with Crippen molar-refractivity contribution in [1.29, 1.82) is 0 Å². The van der Waals surface area contributed by atoms with Gasteiger partial charge in [0.15, 0.2) is 0 Å². The molecular weight excluding hydrogens is 324 g/mol. The minimum atomic E-state index is -0.223. The van der Waals surface area contributed by atoms with Crippen LogP contribution < -0.4 is 5.32 Å². The second-order valence-electron chi connectivity index (χ2n) is 5.38. The molecule has 3 rings (SSSR count). The van der Waals surface area contributed by atoms with Crippen molar-refractivity contribution in [2.24, 2.45) is 7.05 Å². The molecule has 2 aromatic heterocycles. The molecule has 122 valence electrons. The number of hydrogen-bond donors (Lipinski definition) is 1. The summed E-state index contributed by atoms with van der Waals surface area (Å²) in [7, 11) is 1.76. The number of nitrogens with one attached hydrogen (secondary N) is 1. The first kappa shape index (κ1) is 16.1. The lowest BCUT2D eigenvalue weighted by atomic mass is 10.2. The van der Waals surface area contributed by atoms with Gasteiger partial charge >= 0.3 is 0 Å². The van der Waals surface area contributed by atoms with Gasteiger partial charge in [0, 0.05) is 42.5 Å². The molecule has 0 spiro atoms. The topological polar surface area (TPSA) is 51.9 Å². The molecule has 0 aliphatic carbocycles. The van der Waals surface area contributed by atoms with Crippen molar-refractivity contribution in [3.63, 3.8) is 0 Å². The molecule has 0 bridgehead atoms. The number of aromatic nitrogens is 3. The molecule has 0 aliphatic heterocycles. The van der Waals surface area contributed by atoms with E-state index < -0.39 is 0 Å². The van der Waals surface area contributed by atoms with Gasteiger partial charge in [0.1, 0.15) is 5.15 Å². The molecule has 0 atom stereocenters. The van der Waals surface area contributed by atoms with E-state index in [0.717, 1.165) is 22.6 Å². The Bertz CT molecular complexity index is 894. The third-order valence-corrected chi connectivity index (χ3v) is 4.06. The van der Waals surface area contributed by atoms with E-state index in [0.29, 0.717) is 5.15 Å². The molecular formula is C18H17ClN4O. The molecule has 0 saturated heterocycles. The number of anilines is 1. The predicted octanol–water partition coefficient (Wildman–Crippen LogP) is 3.82. The maximum Gasteiger partial charge on any atom is 0.248 e. The van der Waals surface area contributed by atoms with E-state index in [1.807, 2.05) is 60.3 Å². The fourth-order valence-electron chi connectivity index (χ4n) is 2.43. The van der Waals surface area contributed by atoms with E-state index in [9.17, 15) is 4.79 Å². The highest BCUT2D eigenvalue weighted by Gasteiger charge is 2.08. The van der Waals surface area contributed by atoms with Gasteiger partial charge in [0.2, 0.25) is 5.91 Å². The Labute approximate surface area is 145 Å². The number of amides is 1. The van der Waals surface area contributed by atoms with Gasteiger partial charge in [0.05, 0.1) is 5.69 Å². The first-order valence-electron chi connectivity index (χ1n) is 7.46. The molecule has 5 nitrogen and oxygen atoms in total. The average Bonchev–Trinajstić information content (AvgIpc) is 3.16. The Morgan fingerprint density at radius 1 is 1.25 bits per heavy atom. The van der Waals surface area contributed by atoms with Crippen LogP contribution in [0.5, 0.6) is 0 Å². The molecule has 2 heterocycles. The fraction of sp³-hybridized carbons (Fsp3) is 0.111. The van der Waals surface area contributed by atoms with Crippen LogP contribution in [0.2, 0.25) is 5.15 Å². The second kappa shape index (κ2) is 6.76. The smallest absolute Gasteiger partial charge is 0.248 e. The van der Waals surface area contributed by atoms with Crippen LogP contribution in [0, 0.1) is 6.92 Å². The van der Waals surface area contributed by atoms with Crippen molar-refractivity contribution in [3.8, 4) is 5.69 Å². The van der Waals surface area contributed by atoms with E-state index in [1.54, 1.807) is 17.8 Å². The Balaban J connectivity index is 1.73.